The zero-order valence-electron chi connectivity index (χ0n) is 17.3. The Morgan fingerprint density at radius 1 is 1.18 bits per heavy atom. The Morgan fingerprint density at radius 3 is 2.57 bits per heavy atom. The maximum absolute atomic E-state index is 12.4. The van der Waals surface area contributed by atoms with Gasteiger partial charge in [-0.15, -0.1) is 0 Å². The van der Waals surface area contributed by atoms with E-state index in [9.17, 15) is 19.2 Å². The summed E-state index contributed by atoms with van der Waals surface area (Å²) >= 11 is 0. The van der Waals surface area contributed by atoms with Gasteiger partial charge in [0.25, 0.3) is 5.91 Å². The number of carbonyl (C=O) groups is 4. The first-order chi connectivity index (χ1) is 13.2. The molecule has 4 atom stereocenters. The van der Waals surface area contributed by atoms with Crippen molar-refractivity contribution in [2.75, 3.05) is 19.7 Å². The van der Waals surface area contributed by atoms with Crippen LogP contribution in [0.25, 0.3) is 0 Å². The highest BCUT2D eigenvalue weighted by Crippen LogP contribution is 2.35. The van der Waals surface area contributed by atoms with Crippen molar-refractivity contribution in [3.63, 3.8) is 0 Å². The van der Waals surface area contributed by atoms with Gasteiger partial charge in [0.1, 0.15) is 0 Å². The summed E-state index contributed by atoms with van der Waals surface area (Å²) in [5.74, 6) is -0.944. The normalized spacial score (nSPS) is 27.6. The van der Waals surface area contributed by atoms with E-state index in [2.05, 4.69) is 24.5 Å². The van der Waals surface area contributed by atoms with Crippen molar-refractivity contribution >= 4 is 23.7 Å². The number of esters is 1. The highest BCUT2D eigenvalue weighted by Gasteiger charge is 2.42. The van der Waals surface area contributed by atoms with Crippen LogP contribution in [-0.4, -0.2) is 60.4 Å². The van der Waals surface area contributed by atoms with Crippen molar-refractivity contribution in [3.05, 3.63) is 0 Å². The molecule has 0 aromatic heterocycles. The second-order valence-electron chi connectivity index (χ2n) is 8.39. The number of likely N-dealkylation sites (tertiary alicyclic amines) is 1. The zero-order valence-corrected chi connectivity index (χ0v) is 17.3. The molecule has 0 radical (unpaired) electrons. The summed E-state index contributed by atoms with van der Waals surface area (Å²) < 4.78 is 5.07. The van der Waals surface area contributed by atoms with E-state index >= 15 is 0 Å². The molecule has 0 spiro atoms. The molecule has 1 heterocycles. The lowest BCUT2D eigenvalue weighted by molar-refractivity contribution is -0.152. The van der Waals surface area contributed by atoms with Crippen molar-refractivity contribution < 1.29 is 23.9 Å². The molecule has 3 amide bonds. The molecule has 2 rings (SSSR count). The van der Waals surface area contributed by atoms with E-state index in [0.29, 0.717) is 18.4 Å². The molecule has 2 N–H and O–H groups in total. The lowest BCUT2D eigenvalue weighted by atomic mass is 9.77. The second-order valence-corrected chi connectivity index (χ2v) is 8.39. The monoisotopic (exact) mass is 395 g/mol. The Bertz CT molecular complexity index is 607. The topological polar surface area (TPSA) is 105 Å². The fraction of sp³-hybridized carbons (Fsp3) is 0.800. The van der Waals surface area contributed by atoms with Crippen LogP contribution >= 0.6 is 0 Å². The molecular weight excluding hydrogens is 362 g/mol. The quantitative estimate of drug-likeness (QED) is 0.622. The van der Waals surface area contributed by atoms with E-state index < -0.39 is 24.4 Å². The third kappa shape index (κ3) is 5.94. The Labute approximate surface area is 166 Å². The molecule has 2 fully saturated rings. The number of hydrogen-bond acceptors (Lipinski definition) is 5. The summed E-state index contributed by atoms with van der Waals surface area (Å²) in [4.78, 5) is 49.8. The van der Waals surface area contributed by atoms with E-state index in [0.717, 1.165) is 12.8 Å². The Hall–Kier alpha value is -2.12. The molecule has 1 saturated carbocycles. The van der Waals surface area contributed by atoms with Gasteiger partial charge in [-0.2, -0.15) is 0 Å². The third-order valence-electron chi connectivity index (χ3n) is 5.80. The summed E-state index contributed by atoms with van der Waals surface area (Å²) in [5.41, 5.74) is 0. The van der Waals surface area contributed by atoms with Crippen molar-refractivity contribution in [3.8, 4) is 0 Å². The lowest BCUT2D eigenvalue weighted by Crippen LogP contribution is -2.45. The van der Waals surface area contributed by atoms with E-state index in [4.69, 9.17) is 4.74 Å². The smallest absolute Gasteiger partial charge is 0.311 e. The van der Waals surface area contributed by atoms with Gasteiger partial charge in [0.2, 0.25) is 11.8 Å². The van der Waals surface area contributed by atoms with Gasteiger partial charge in [0, 0.05) is 25.0 Å². The van der Waals surface area contributed by atoms with Gasteiger partial charge >= 0.3 is 5.97 Å². The van der Waals surface area contributed by atoms with Crippen LogP contribution in [0.2, 0.25) is 0 Å². The molecule has 0 aromatic carbocycles. The van der Waals surface area contributed by atoms with Gasteiger partial charge in [0.05, 0.1) is 12.5 Å². The summed E-state index contributed by atoms with van der Waals surface area (Å²) in [6.45, 7) is 7.77. The maximum Gasteiger partial charge on any atom is 0.311 e. The highest BCUT2D eigenvalue weighted by atomic mass is 16.5. The van der Waals surface area contributed by atoms with E-state index in [1.807, 2.05) is 18.7 Å². The molecular formula is C20H33N3O5. The lowest BCUT2D eigenvalue weighted by Gasteiger charge is -2.39. The van der Waals surface area contributed by atoms with Gasteiger partial charge in [-0.3, -0.25) is 19.2 Å². The first-order valence-electron chi connectivity index (χ1n) is 10.2. The fourth-order valence-electron chi connectivity index (χ4n) is 4.06. The van der Waals surface area contributed by atoms with Gasteiger partial charge < -0.3 is 20.3 Å². The Balaban J connectivity index is 1.76. The van der Waals surface area contributed by atoms with Crippen LogP contribution in [0.15, 0.2) is 0 Å². The van der Waals surface area contributed by atoms with Crippen LogP contribution in [0.4, 0.5) is 0 Å². The maximum atomic E-state index is 12.4. The highest BCUT2D eigenvalue weighted by molar-refractivity contribution is 5.89. The molecule has 158 valence electrons. The summed E-state index contributed by atoms with van der Waals surface area (Å²) in [6.07, 6.45) is 3.38. The van der Waals surface area contributed by atoms with Crippen LogP contribution < -0.4 is 10.6 Å². The van der Waals surface area contributed by atoms with Crippen LogP contribution in [0, 0.1) is 17.8 Å². The number of hydrogen-bond donors (Lipinski definition) is 2. The molecule has 8 nitrogen and oxygen atoms in total. The number of amides is 3. The molecule has 28 heavy (non-hydrogen) atoms. The molecule has 1 aliphatic carbocycles. The Kier molecular flexibility index (Phi) is 7.83. The summed E-state index contributed by atoms with van der Waals surface area (Å²) in [6, 6.07) is 0.164. The standard InChI is InChI=1S/C20H33N3O5/c1-12(2)22-17(24)9-21-18(25)11-28-20(27)15-8-19(26)23(10-15)16-7-5-6-13(3)14(16)4/h12-16H,5-11H2,1-4H3,(H,21,25)(H,22,24)/t13-,14+,15+,16-/m0/s1. The van der Waals surface area contributed by atoms with Gasteiger partial charge in [-0.1, -0.05) is 26.7 Å². The van der Waals surface area contributed by atoms with Crippen molar-refractivity contribution in [2.24, 2.45) is 17.8 Å². The Morgan fingerprint density at radius 2 is 1.89 bits per heavy atom. The van der Waals surface area contributed by atoms with Crippen LogP contribution in [0.5, 0.6) is 0 Å². The summed E-state index contributed by atoms with van der Waals surface area (Å²) in [7, 11) is 0. The van der Waals surface area contributed by atoms with E-state index in [1.54, 1.807) is 0 Å². The van der Waals surface area contributed by atoms with E-state index in [1.165, 1.54) is 6.42 Å². The van der Waals surface area contributed by atoms with Crippen molar-refractivity contribution in [1.29, 1.82) is 0 Å². The summed E-state index contributed by atoms with van der Waals surface area (Å²) in [5, 5.41) is 5.06. The fourth-order valence-corrected chi connectivity index (χ4v) is 4.06. The first kappa shape index (κ1) is 22.2. The van der Waals surface area contributed by atoms with Crippen molar-refractivity contribution in [2.45, 2.75) is 65.5 Å². The number of carbonyl (C=O) groups excluding carboxylic acids is 4. The zero-order chi connectivity index (χ0) is 20.8. The minimum absolute atomic E-state index is 0.0114. The minimum Gasteiger partial charge on any atom is -0.455 e. The number of ether oxygens (including phenoxy) is 1. The molecule has 2 aliphatic rings. The average Bonchev–Trinajstić information content (AvgIpc) is 3.01. The number of rotatable bonds is 7. The van der Waals surface area contributed by atoms with Crippen LogP contribution in [0.1, 0.15) is 53.4 Å². The van der Waals surface area contributed by atoms with Crippen LogP contribution in [-0.2, 0) is 23.9 Å². The molecule has 0 unspecified atom stereocenters. The number of nitrogens with one attached hydrogen (secondary N) is 2. The molecule has 0 bridgehead atoms. The molecule has 1 aliphatic heterocycles. The van der Waals surface area contributed by atoms with Crippen molar-refractivity contribution in [1.82, 2.24) is 15.5 Å². The van der Waals surface area contributed by atoms with Gasteiger partial charge in [0.15, 0.2) is 6.61 Å². The van der Waals surface area contributed by atoms with Crippen LogP contribution in [0.3, 0.4) is 0 Å². The SMILES string of the molecule is CC(C)NC(=O)CNC(=O)COC(=O)[C@@H]1CC(=O)N([C@H]2CCC[C@H](C)[C@H]2C)C1. The second kappa shape index (κ2) is 9.89. The minimum atomic E-state index is -0.539. The van der Waals surface area contributed by atoms with E-state index in [-0.39, 0.29) is 36.9 Å². The van der Waals surface area contributed by atoms with Gasteiger partial charge in [-0.25, -0.2) is 0 Å². The third-order valence-corrected chi connectivity index (χ3v) is 5.80. The first-order valence-corrected chi connectivity index (χ1v) is 10.2. The van der Waals surface area contributed by atoms with Gasteiger partial charge in [-0.05, 0) is 32.1 Å². The molecule has 8 heteroatoms. The largest absolute Gasteiger partial charge is 0.455 e. The molecule has 0 aromatic rings. The molecule has 1 saturated heterocycles. The predicted molar refractivity (Wildman–Crippen MR) is 103 cm³/mol. The average molecular weight is 396 g/mol. The number of nitrogens with zero attached hydrogens (tertiary/aromatic N) is 1. The predicted octanol–water partition coefficient (Wildman–Crippen LogP) is 0.844.